The lowest BCUT2D eigenvalue weighted by Gasteiger charge is -2.25. The van der Waals surface area contributed by atoms with Crippen molar-refractivity contribution in [2.45, 2.75) is 63.5 Å². The van der Waals surface area contributed by atoms with Gasteiger partial charge in [0.1, 0.15) is 11.9 Å². The van der Waals surface area contributed by atoms with E-state index in [1.807, 2.05) is 11.0 Å². The SMILES string of the molecule is Cc1nnn([C@@H]2C[C@H](C(=O)Nc3ccc(F)nc3)N(c3nc4c(c(Nc5cc(C6CC6)[nH]n5)n3)CCC4)C2)n1. The molecule has 0 unspecified atom stereocenters. The molecular formula is C25H27FN12O. The number of aromatic nitrogens is 9. The average molecular weight is 531 g/mol. The molecule has 200 valence electrons. The molecule has 5 heterocycles. The Labute approximate surface area is 222 Å². The van der Waals surface area contributed by atoms with Crippen molar-refractivity contribution in [2.24, 2.45) is 0 Å². The molecule has 2 aliphatic carbocycles. The van der Waals surface area contributed by atoms with Gasteiger partial charge in [0.25, 0.3) is 0 Å². The van der Waals surface area contributed by atoms with Crippen LogP contribution < -0.4 is 15.5 Å². The van der Waals surface area contributed by atoms with Crippen LogP contribution >= 0.6 is 0 Å². The third-order valence-electron chi connectivity index (χ3n) is 7.47. The van der Waals surface area contributed by atoms with Crippen LogP contribution in [0.1, 0.15) is 60.4 Å². The summed E-state index contributed by atoms with van der Waals surface area (Å²) < 4.78 is 13.3. The van der Waals surface area contributed by atoms with E-state index in [4.69, 9.17) is 9.97 Å². The standard InChI is InChI=1S/C25H27FN12O/c1-13-32-36-38(35-13)16-9-20(24(39)28-15-7-8-21(26)27-11-15)37(12-16)25-29-18-4-2-3-17(18)23(31-25)30-22-10-19(33-34-22)14-5-6-14/h7-8,10-11,14,16,20H,2-6,9,12H2,1H3,(H,28,39)(H2,29,30,31,33,34)/t16-,20-/m1/s1. The average Bonchev–Trinajstić information content (AvgIpc) is 3.33. The molecule has 0 aromatic carbocycles. The predicted molar refractivity (Wildman–Crippen MR) is 138 cm³/mol. The smallest absolute Gasteiger partial charge is 0.247 e. The summed E-state index contributed by atoms with van der Waals surface area (Å²) in [5, 5.41) is 26.4. The van der Waals surface area contributed by atoms with Gasteiger partial charge >= 0.3 is 0 Å². The van der Waals surface area contributed by atoms with Gasteiger partial charge in [0, 0.05) is 36.2 Å². The van der Waals surface area contributed by atoms with Crippen LogP contribution in [0, 0.1) is 12.9 Å². The van der Waals surface area contributed by atoms with Gasteiger partial charge in [-0.25, -0.2) is 9.97 Å². The summed E-state index contributed by atoms with van der Waals surface area (Å²) in [5.74, 6) is 2.10. The van der Waals surface area contributed by atoms with E-state index in [9.17, 15) is 9.18 Å². The Bertz CT molecular complexity index is 1530. The Morgan fingerprint density at radius 3 is 2.87 bits per heavy atom. The van der Waals surface area contributed by atoms with E-state index in [-0.39, 0.29) is 11.9 Å². The van der Waals surface area contributed by atoms with E-state index in [1.54, 1.807) is 11.7 Å². The van der Waals surface area contributed by atoms with Crippen LogP contribution in [0.3, 0.4) is 0 Å². The number of aryl methyl sites for hydroxylation is 2. The first-order chi connectivity index (χ1) is 19.0. The number of nitrogens with zero attached hydrogens (tertiary/aromatic N) is 9. The largest absolute Gasteiger partial charge is 0.326 e. The molecule has 2 atom stereocenters. The zero-order valence-corrected chi connectivity index (χ0v) is 21.3. The van der Waals surface area contributed by atoms with Crippen molar-refractivity contribution in [1.82, 2.24) is 45.4 Å². The second kappa shape index (κ2) is 9.36. The van der Waals surface area contributed by atoms with Crippen LogP contribution in [0.2, 0.25) is 0 Å². The Morgan fingerprint density at radius 2 is 2.10 bits per heavy atom. The molecule has 7 rings (SSSR count). The molecule has 1 amide bonds. The molecule has 14 heteroatoms. The lowest BCUT2D eigenvalue weighted by molar-refractivity contribution is -0.117. The van der Waals surface area contributed by atoms with Gasteiger partial charge in [0.15, 0.2) is 11.6 Å². The Balaban J connectivity index is 1.21. The number of halogens is 1. The molecule has 1 saturated heterocycles. The molecule has 3 N–H and O–H groups in total. The van der Waals surface area contributed by atoms with E-state index in [1.165, 1.54) is 31.2 Å². The fourth-order valence-corrected chi connectivity index (χ4v) is 5.36. The van der Waals surface area contributed by atoms with Crippen LogP contribution in [0.5, 0.6) is 0 Å². The Kier molecular flexibility index (Phi) is 5.67. The van der Waals surface area contributed by atoms with Gasteiger partial charge in [-0.15, -0.1) is 10.2 Å². The number of amides is 1. The highest BCUT2D eigenvalue weighted by atomic mass is 19.1. The van der Waals surface area contributed by atoms with Crippen LogP contribution in [0.25, 0.3) is 0 Å². The minimum Gasteiger partial charge on any atom is -0.326 e. The van der Waals surface area contributed by atoms with E-state index >= 15 is 0 Å². The molecule has 3 aliphatic rings. The number of carbonyl (C=O) groups is 1. The number of anilines is 4. The zero-order chi connectivity index (χ0) is 26.5. The van der Waals surface area contributed by atoms with Crippen LogP contribution in [0.4, 0.5) is 27.7 Å². The van der Waals surface area contributed by atoms with Crippen molar-refractivity contribution in [3.05, 3.63) is 53.1 Å². The van der Waals surface area contributed by atoms with Gasteiger partial charge in [-0.3, -0.25) is 9.89 Å². The third-order valence-corrected chi connectivity index (χ3v) is 7.47. The van der Waals surface area contributed by atoms with Gasteiger partial charge < -0.3 is 15.5 Å². The summed E-state index contributed by atoms with van der Waals surface area (Å²) in [6, 6.07) is 3.89. The fourth-order valence-electron chi connectivity index (χ4n) is 5.36. The number of rotatable bonds is 7. The molecule has 4 aromatic rings. The van der Waals surface area contributed by atoms with Gasteiger partial charge in [-0.1, -0.05) is 0 Å². The summed E-state index contributed by atoms with van der Waals surface area (Å²) in [6.07, 6.45) is 6.79. The highest BCUT2D eigenvalue weighted by Gasteiger charge is 2.41. The second-order valence-corrected chi connectivity index (χ2v) is 10.3. The monoisotopic (exact) mass is 530 g/mol. The van der Waals surface area contributed by atoms with Crippen LogP contribution in [-0.4, -0.2) is 63.9 Å². The minimum absolute atomic E-state index is 0.214. The van der Waals surface area contributed by atoms with Crippen LogP contribution in [0.15, 0.2) is 24.4 Å². The number of hydrogen-bond acceptors (Lipinski definition) is 10. The molecular weight excluding hydrogens is 503 g/mol. The molecule has 0 bridgehead atoms. The van der Waals surface area contributed by atoms with Crippen molar-refractivity contribution >= 4 is 29.2 Å². The molecule has 13 nitrogen and oxygen atoms in total. The maximum atomic E-state index is 13.5. The first-order valence-electron chi connectivity index (χ1n) is 13.2. The first-order valence-corrected chi connectivity index (χ1v) is 13.2. The number of aromatic amines is 1. The van der Waals surface area contributed by atoms with E-state index < -0.39 is 12.0 Å². The van der Waals surface area contributed by atoms with Gasteiger partial charge in [-0.05, 0) is 56.4 Å². The van der Waals surface area contributed by atoms with Gasteiger partial charge in [0.05, 0.1) is 23.6 Å². The maximum Gasteiger partial charge on any atom is 0.247 e. The van der Waals surface area contributed by atoms with Crippen molar-refractivity contribution in [1.29, 1.82) is 0 Å². The normalized spacial score (nSPS) is 20.3. The molecule has 39 heavy (non-hydrogen) atoms. The predicted octanol–water partition coefficient (Wildman–Crippen LogP) is 2.60. The zero-order valence-electron chi connectivity index (χ0n) is 21.3. The number of fused-ring (bicyclic) bond motifs is 1. The van der Waals surface area contributed by atoms with E-state index in [0.717, 1.165) is 42.0 Å². The lowest BCUT2D eigenvalue weighted by atomic mass is 10.1. The number of nitrogens with one attached hydrogen (secondary N) is 3. The summed E-state index contributed by atoms with van der Waals surface area (Å²) >= 11 is 0. The number of pyridine rings is 1. The highest BCUT2D eigenvalue weighted by Crippen LogP contribution is 2.40. The van der Waals surface area contributed by atoms with Gasteiger partial charge in [0.2, 0.25) is 17.8 Å². The van der Waals surface area contributed by atoms with Crippen LogP contribution in [-0.2, 0) is 17.6 Å². The number of tetrazole rings is 1. The summed E-state index contributed by atoms with van der Waals surface area (Å²) in [5.41, 5.74) is 3.59. The molecule has 2 fully saturated rings. The topological polar surface area (TPSA) is 155 Å². The summed E-state index contributed by atoms with van der Waals surface area (Å²) in [6.45, 7) is 2.19. The molecule has 0 spiro atoms. The van der Waals surface area contributed by atoms with Gasteiger partial charge in [-0.2, -0.15) is 19.3 Å². The highest BCUT2D eigenvalue weighted by molar-refractivity contribution is 5.97. The quantitative estimate of drug-likeness (QED) is 0.304. The Hall–Kier alpha value is -4.49. The minimum atomic E-state index is -0.620. The van der Waals surface area contributed by atoms with Crippen molar-refractivity contribution in [3.8, 4) is 0 Å². The van der Waals surface area contributed by atoms with Crippen molar-refractivity contribution in [3.63, 3.8) is 0 Å². The first kappa shape index (κ1) is 23.6. The van der Waals surface area contributed by atoms with Crippen molar-refractivity contribution in [2.75, 3.05) is 22.1 Å². The van der Waals surface area contributed by atoms with Crippen molar-refractivity contribution < 1.29 is 9.18 Å². The Morgan fingerprint density at radius 1 is 1.21 bits per heavy atom. The number of H-pyrrole nitrogens is 1. The summed E-state index contributed by atoms with van der Waals surface area (Å²) in [7, 11) is 0. The molecule has 1 saturated carbocycles. The van der Waals surface area contributed by atoms with E-state index in [0.29, 0.717) is 42.2 Å². The maximum absolute atomic E-state index is 13.5. The third kappa shape index (κ3) is 4.66. The fraction of sp³-hybridized carbons (Fsp3) is 0.440. The lowest BCUT2D eigenvalue weighted by Crippen LogP contribution is -2.40. The molecule has 4 aromatic heterocycles. The van der Waals surface area contributed by atoms with E-state index in [2.05, 4.69) is 41.2 Å². The molecule has 1 aliphatic heterocycles. The number of carbonyl (C=O) groups excluding carboxylic acids is 1. The molecule has 0 radical (unpaired) electrons. The summed E-state index contributed by atoms with van der Waals surface area (Å²) in [4.78, 5) is 30.4. The number of hydrogen-bond donors (Lipinski definition) is 3. The second-order valence-electron chi connectivity index (χ2n) is 10.3.